The lowest BCUT2D eigenvalue weighted by Crippen LogP contribution is -2.32. The van der Waals surface area contributed by atoms with Crippen molar-refractivity contribution in [3.63, 3.8) is 0 Å². The lowest BCUT2D eigenvalue weighted by Gasteiger charge is -2.26. The van der Waals surface area contributed by atoms with Gasteiger partial charge < -0.3 is 4.90 Å². The molecule has 1 aliphatic heterocycles. The minimum Gasteiger partial charge on any atom is -0.338 e. The van der Waals surface area contributed by atoms with Crippen molar-refractivity contribution >= 4 is 23.2 Å². The average Bonchev–Trinajstić information content (AvgIpc) is 2.91. The monoisotopic (exact) mass is 310 g/mol. The molecular weight excluding hydrogens is 292 g/mol. The summed E-state index contributed by atoms with van der Waals surface area (Å²) < 4.78 is 0. The number of likely N-dealkylation sites (tertiary alicyclic amines) is 1. The van der Waals surface area contributed by atoms with Crippen molar-refractivity contribution in [1.82, 2.24) is 4.90 Å². The fourth-order valence-electron chi connectivity index (χ4n) is 2.90. The minimum atomic E-state index is -0.519. The van der Waals surface area contributed by atoms with Gasteiger partial charge in [0.25, 0.3) is 11.6 Å². The summed E-state index contributed by atoms with van der Waals surface area (Å²) in [7, 11) is 0. The summed E-state index contributed by atoms with van der Waals surface area (Å²) in [4.78, 5) is 24.5. The highest BCUT2D eigenvalue weighted by molar-refractivity contribution is 6.34. The van der Waals surface area contributed by atoms with Crippen molar-refractivity contribution in [3.05, 3.63) is 38.9 Å². The second-order valence-electron chi connectivity index (χ2n) is 5.61. The number of nitro groups is 1. The van der Waals surface area contributed by atoms with Gasteiger partial charge in [-0.1, -0.05) is 25.4 Å². The van der Waals surface area contributed by atoms with Gasteiger partial charge in [0.05, 0.1) is 15.5 Å². The maximum Gasteiger partial charge on any atom is 0.270 e. The summed E-state index contributed by atoms with van der Waals surface area (Å²) in [5, 5.41) is 10.8. The molecule has 0 atom stereocenters. The minimum absolute atomic E-state index is 0.102. The van der Waals surface area contributed by atoms with E-state index in [-0.39, 0.29) is 22.0 Å². The standard InChI is InChI=1S/C15H19ClN2O3/c1-3-15(4-2)7-8-17(10-15)14(19)12-6-5-11(18(20)21)9-13(12)16/h5-6,9H,3-4,7-8,10H2,1-2H3. The average molecular weight is 311 g/mol. The molecule has 114 valence electrons. The Bertz CT molecular complexity index is 570. The molecule has 1 fully saturated rings. The number of hydrogen-bond donors (Lipinski definition) is 0. The molecule has 0 saturated carbocycles. The molecular formula is C15H19ClN2O3. The second kappa shape index (κ2) is 6.02. The van der Waals surface area contributed by atoms with Crippen molar-refractivity contribution in [2.24, 2.45) is 5.41 Å². The highest BCUT2D eigenvalue weighted by atomic mass is 35.5. The van der Waals surface area contributed by atoms with E-state index in [9.17, 15) is 14.9 Å². The molecule has 1 aliphatic rings. The zero-order chi connectivity index (χ0) is 15.6. The Balaban J connectivity index is 2.20. The van der Waals surface area contributed by atoms with Crippen molar-refractivity contribution in [3.8, 4) is 0 Å². The van der Waals surface area contributed by atoms with Crippen molar-refractivity contribution in [2.45, 2.75) is 33.1 Å². The van der Waals surface area contributed by atoms with Crippen LogP contribution in [0.3, 0.4) is 0 Å². The van der Waals surface area contributed by atoms with E-state index in [2.05, 4.69) is 13.8 Å². The van der Waals surface area contributed by atoms with Crippen LogP contribution in [0.5, 0.6) is 0 Å². The van der Waals surface area contributed by atoms with Crippen LogP contribution in [0.4, 0.5) is 5.69 Å². The van der Waals surface area contributed by atoms with Gasteiger partial charge in [0.15, 0.2) is 0 Å². The number of carbonyl (C=O) groups is 1. The first-order valence-electron chi connectivity index (χ1n) is 7.15. The van der Waals surface area contributed by atoms with E-state index >= 15 is 0 Å². The fourth-order valence-corrected chi connectivity index (χ4v) is 3.15. The second-order valence-corrected chi connectivity index (χ2v) is 6.01. The van der Waals surface area contributed by atoms with Crippen LogP contribution in [0.25, 0.3) is 0 Å². The SMILES string of the molecule is CCC1(CC)CCN(C(=O)c2ccc([N+](=O)[O-])cc2Cl)C1. The molecule has 1 saturated heterocycles. The van der Waals surface area contributed by atoms with Gasteiger partial charge >= 0.3 is 0 Å². The molecule has 0 N–H and O–H groups in total. The third kappa shape index (κ3) is 3.02. The summed E-state index contributed by atoms with van der Waals surface area (Å²) in [6, 6.07) is 4.00. The molecule has 0 spiro atoms. The lowest BCUT2D eigenvalue weighted by atomic mass is 9.82. The number of rotatable bonds is 4. The van der Waals surface area contributed by atoms with Gasteiger partial charge in [0, 0.05) is 25.2 Å². The Hall–Kier alpha value is -1.62. The Kier molecular flexibility index (Phi) is 4.52. The van der Waals surface area contributed by atoms with Gasteiger partial charge in [-0.2, -0.15) is 0 Å². The Morgan fingerprint density at radius 2 is 2.10 bits per heavy atom. The number of halogens is 1. The molecule has 21 heavy (non-hydrogen) atoms. The first-order chi connectivity index (χ1) is 9.92. The van der Waals surface area contributed by atoms with E-state index in [4.69, 9.17) is 11.6 Å². The predicted octanol–water partition coefficient (Wildman–Crippen LogP) is 3.90. The van der Waals surface area contributed by atoms with E-state index in [1.807, 2.05) is 0 Å². The number of non-ortho nitro benzene ring substituents is 1. The van der Waals surface area contributed by atoms with Crippen LogP contribution in [0.2, 0.25) is 5.02 Å². The van der Waals surface area contributed by atoms with E-state index < -0.39 is 4.92 Å². The van der Waals surface area contributed by atoms with Crippen LogP contribution in [-0.4, -0.2) is 28.8 Å². The lowest BCUT2D eigenvalue weighted by molar-refractivity contribution is -0.384. The van der Waals surface area contributed by atoms with Gasteiger partial charge in [-0.25, -0.2) is 0 Å². The number of hydrogen-bond acceptors (Lipinski definition) is 3. The van der Waals surface area contributed by atoms with Gasteiger partial charge in [0.2, 0.25) is 0 Å². The van der Waals surface area contributed by atoms with Crippen LogP contribution < -0.4 is 0 Å². The Labute approximate surface area is 129 Å². The molecule has 0 bridgehead atoms. The first kappa shape index (κ1) is 15.8. The summed E-state index contributed by atoms with van der Waals surface area (Å²) in [5.74, 6) is -0.140. The molecule has 5 nitrogen and oxygen atoms in total. The largest absolute Gasteiger partial charge is 0.338 e. The summed E-state index contributed by atoms with van der Waals surface area (Å²) >= 11 is 6.03. The van der Waals surface area contributed by atoms with Crippen molar-refractivity contribution < 1.29 is 9.72 Å². The van der Waals surface area contributed by atoms with Crippen LogP contribution in [0.1, 0.15) is 43.5 Å². The van der Waals surface area contributed by atoms with Gasteiger partial charge in [-0.05, 0) is 30.7 Å². The van der Waals surface area contributed by atoms with Gasteiger partial charge in [0.1, 0.15) is 0 Å². The highest BCUT2D eigenvalue weighted by Crippen LogP contribution is 2.38. The van der Waals surface area contributed by atoms with E-state index in [1.54, 1.807) is 4.90 Å². The van der Waals surface area contributed by atoms with Crippen molar-refractivity contribution in [1.29, 1.82) is 0 Å². The maximum atomic E-state index is 12.5. The van der Waals surface area contributed by atoms with Gasteiger partial charge in [-0.15, -0.1) is 0 Å². The van der Waals surface area contributed by atoms with Crippen molar-refractivity contribution in [2.75, 3.05) is 13.1 Å². The predicted molar refractivity (Wildman–Crippen MR) is 81.6 cm³/mol. The molecule has 0 unspecified atom stereocenters. The quantitative estimate of drug-likeness (QED) is 0.626. The van der Waals surface area contributed by atoms with Crippen LogP contribution in [-0.2, 0) is 0 Å². The normalized spacial score (nSPS) is 17.0. The molecule has 0 aliphatic carbocycles. The molecule has 0 aromatic heterocycles. The molecule has 1 aromatic carbocycles. The molecule has 1 amide bonds. The smallest absolute Gasteiger partial charge is 0.270 e. The van der Waals surface area contributed by atoms with E-state index in [1.165, 1.54) is 18.2 Å². The van der Waals surface area contributed by atoms with E-state index in [0.717, 1.165) is 25.8 Å². The maximum absolute atomic E-state index is 12.5. The van der Waals surface area contributed by atoms with E-state index in [0.29, 0.717) is 12.1 Å². The molecule has 1 heterocycles. The zero-order valence-corrected chi connectivity index (χ0v) is 13.0. The summed E-state index contributed by atoms with van der Waals surface area (Å²) in [6.07, 6.45) is 3.08. The van der Waals surface area contributed by atoms with Crippen LogP contribution in [0.15, 0.2) is 18.2 Å². The third-order valence-electron chi connectivity index (χ3n) is 4.62. The molecule has 1 aromatic rings. The summed E-state index contributed by atoms with van der Waals surface area (Å²) in [6.45, 7) is 5.74. The Morgan fingerprint density at radius 1 is 1.43 bits per heavy atom. The molecule has 0 radical (unpaired) electrons. The Morgan fingerprint density at radius 3 is 2.57 bits per heavy atom. The number of nitro benzene ring substituents is 1. The molecule has 2 rings (SSSR count). The first-order valence-corrected chi connectivity index (χ1v) is 7.53. The third-order valence-corrected chi connectivity index (χ3v) is 4.93. The van der Waals surface area contributed by atoms with Gasteiger partial charge in [-0.3, -0.25) is 14.9 Å². The fraction of sp³-hybridized carbons (Fsp3) is 0.533. The van der Waals surface area contributed by atoms with Crippen LogP contribution in [0, 0.1) is 15.5 Å². The number of nitrogens with zero attached hydrogens (tertiary/aromatic N) is 2. The number of amides is 1. The number of benzene rings is 1. The topological polar surface area (TPSA) is 63.5 Å². The van der Waals surface area contributed by atoms with Crippen LogP contribution >= 0.6 is 11.6 Å². The highest BCUT2D eigenvalue weighted by Gasteiger charge is 2.37. The number of carbonyl (C=O) groups excluding carboxylic acids is 1. The summed E-state index contributed by atoms with van der Waals surface area (Å²) in [5.41, 5.74) is 0.433. The zero-order valence-electron chi connectivity index (χ0n) is 12.3. The molecule has 6 heteroatoms.